The second kappa shape index (κ2) is 5.67. The van der Waals surface area contributed by atoms with E-state index in [1.165, 1.54) is 0 Å². The number of benzene rings is 1. The minimum Gasteiger partial charge on any atom is -0.508 e. The average Bonchev–Trinajstić information content (AvgIpc) is 2.46. The SMILES string of the molecule is N#Cc1cc([N+](=O)[O-])cnc1NCc1ccccc1O. The lowest BCUT2D eigenvalue weighted by molar-refractivity contribution is -0.385. The van der Waals surface area contributed by atoms with E-state index in [0.29, 0.717) is 5.56 Å². The molecule has 7 nitrogen and oxygen atoms in total. The number of anilines is 1. The second-order valence-electron chi connectivity index (χ2n) is 3.94. The van der Waals surface area contributed by atoms with Crippen molar-refractivity contribution in [2.75, 3.05) is 5.32 Å². The number of nitrogens with one attached hydrogen (secondary N) is 1. The molecule has 0 aliphatic rings. The normalized spacial score (nSPS) is 9.75. The first-order valence-corrected chi connectivity index (χ1v) is 5.67. The molecule has 0 amide bonds. The van der Waals surface area contributed by atoms with Gasteiger partial charge in [0.15, 0.2) is 0 Å². The van der Waals surface area contributed by atoms with Crippen LogP contribution < -0.4 is 5.32 Å². The first kappa shape index (κ1) is 13.3. The van der Waals surface area contributed by atoms with E-state index in [-0.39, 0.29) is 29.4 Å². The standard InChI is InChI=1S/C13H10N4O3/c14-6-10-5-11(17(19)20)8-16-13(10)15-7-9-3-1-2-4-12(9)18/h1-5,8,18H,7H2,(H,15,16). The summed E-state index contributed by atoms with van der Waals surface area (Å²) in [6, 6.07) is 9.74. The molecule has 0 fully saturated rings. The van der Waals surface area contributed by atoms with E-state index < -0.39 is 4.92 Å². The molecule has 7 heteroatoms. The molecule has 0 radical (unpaired) electrons. The largest absolute Gasteiger partial charge is 0.508 e. The minimum absolute atomic E-state index is 0.0784. The third kappa shape index (κ3) is 2.81. The van der Waals surface area contributed by atoms with E-state index in [9.17, 15) is 15.2 Å². The van der Waals surface area contributed by atoms with Crippen molar-refractivity contribution < 1.29 is 10.0 Å². The van der Waals surface area contributed by atoms with E-state index in [1.807, 2.05) is 6.07 Å². The smallest absolute Gasteiger partial charge is 0.289 e. The molecule has 0 unspecified atom stereocenters. The van der Waals surface area contributed by atoms with E-state index in [4.69, 9.17) is 5.26 Å². The average molecular weight is 270 g/mol. The number of phenols is 1. The van der Waals surface area contributed by atoms with Gasteiger partial charge in [-0.05, 0) is 6.07 Å². The van der Waals surface area contributed by atoms with Gasteiger partial charge in [-0.3, -0.25) is 10.1 Å². The number of para-hydroxylation sites is 1. The lowest BCUT2D eigenvalue weighted by Gasteiger charge is -2.08. The first-order valence-electron chi connectivity index (χ1n) is 5.67. The number of rotatable bonds is 4. The zero-order valence-electron chi connectivity index (χ0n) is 10.3. The van der Waals surface area contributed by atoms with Gasteiger partial charge in [-0.15, -0.1) is 0 Å². The Kier molecular flexibility index (Phi) is 3.77. The summed E-state index contributed by atoms with van der Waals surface area (Å²) in [6.45, 7) is 0.256. The molecule has 20 heavy (non-hydrogen) atoms. The first-order chi connectivity index (χ1) is 9.61. The molecule has 1 heterocycles. The number of aromatic hydroxyl groups is 1. The maximum Gasteiger partial charge on any atom is 0.289 e. The highest BCUT2D eigenvalue weighted by molar-refractivity contribution is 5.56. The third-order valence-electron chi connectivity index (χ3n) is 2.64. The van der Waals surface area contributed by atoms with Crippen LogP contribution in [0.3, 0.4) is 0 Å². The third-order valence-corrected chi connectivity index (χ3v) is 2.64. The Hall–Kier alpha value is -3.14. The molecule has 2 rings (SSSR count). The van der Waals surface area contributed by atoms with Crippen molar-refractivity contribution in [3.8, 4) is 11.8 Å². The Morgan fingerprint density at radius 2 is 2.20 bits per heavy atom. The van der Waals surface area contributed by atoms with Crippen LogP contribution in [-0.4, -0.2) is 15.0 Å². The molecule has 2 N–H and O–H groups in total. The summed E-state index contributed by atoms with van der Waals surface area (Å²) in [5.41, 5.74) is 0.473. The van der Waals surface area contributed by atoms with Crippen molar-refractivity contribution >= 4 is 11.5 Å². The minimum atomic E-state index is -0.610. The van der Waals surface area contributed by atoms with Crippen molar-refractivity contribution in [2.24, 2.45) is 0 Å². The quantitative estimate of drug-likeness (QED) is 0.650. The Bertz CT molecular complexity index is 694. The molecule has 0 bridgehead atoms. The molecule has 2 aromatic rings. The highest BCUT2D eigenvalue weighted by Crippen LogP contribution is 2.21. The molecule has 0 atom stereocenters. The van der Waals surface area contributed by atoms with Gasteiger partial charge in [-0.2, -0.15) is 5.26 Å². The molecule has 1 aromatic heterocycles. The van der Waals surface area contributed by atoms with Gasteiger partial charge in [0.1, 0.15) is 29.4 Å². The van der Waals surface area contributed by atoms with Crippen LogP contribution in [-0.2, 0) is 6.54 Å². The second-order valence-corrected chi connectivity index (χ2v) is 3.94. The van der Waals surface area contributed by atoms with Gasteiger partial charge in [-0.25, -0.2) is 4.98 Å². The van der Waals surface area contributed by atoms with E-state index in [1.54, 1.807) is 24.3 Å². The van der Waals surface area contributed by atoms with Crippen molar-refractivity contribution in [2.45, 2.75) is 6.54 Å². The highest BCUT2D eigenvalue weighted by Gasteiger charge is 2.12. The molecule has 0 spiro atoms. The molecular weight excluding hydrogens is 260 g/mol. The fourth-order valence-corrected chi connectivity index (χ4v) is 1.62. The molecule has 100 valence electrons. The number of nitriles is 1. The number of hydrogen-bond donors (Lipinski definition) is 2. The number of nitrogens with zero attached hydrogens (tertiary/aromatic N) is 3. The van der Waals surface area contributed by atoms with Gasteiger partial charge in [0, 0.05) is 18.2 Å². The van der Waals surface area contributed by atoms with Crippen LogP contribution in [0.1, 0.15) is 11.1 Å². The van der Waals surface area contributed by atoms with E-state index in [0.717, 1.165) is 12.3 Å². The van der Waals surface area contributed by atoms with Crippen LogP contribution in [0.5, 0.6) is 5.75 Å². The van der Waals surface area contributed by atoms with Gasteiger partial charge in [0.25, 0.3) is 5.69 Å². The van der Waals surface area contributed by atoms with Crippen LogP contribution >= 0.6 is 0 Å². The predicted octanol–water partition coefficient (Wildman–Crippen LogP) is 2.18. The molecule has 0 saturated heterocycles. The van der Waals surface area contributed by atoms with Crippen LogP contribution in [0.4, 0.5) is 11.5 Å². The van der Waals surface area contributed by atoms with Crippen LogP contribution in [0.2, 0.25) is 0 Å². The topological polar surface area (TPSA) is 112 Å². The zero-order chi connectivity index (χ0) is 14.5. The fraction of sp³-hybridized carbons (Fsp3) is 0.0769. The maximum absolute atomic E-state index is 10.6. The number of phenolic OH excluding ortho intramolecular Hbond substituents is 1. The Balaban J connectivity index is 2.20. The molecule has 0 saturated carbocycles. The molecular formula is C13H10N4O3. The van der Waals surface area contributed by atoms with Gasteiger partial charge in [0.05, 0.1) is 4.92 Å². The van der Waals surface area contributed by atoms with Crippen molar-refractivity contribution in [3.63, 3.8) is 0 Å². The Morgan fingerprint density at radius 1 is 1.45 bits per heavy atom. The van der Waals surface area contributed by atoms with E-state index >= 15 is 0 Å². The monoisotopic (exact) mass is 270 g/mol. The summed E-state index contributed by atoms with van der Waals surface area (Å²) in [4.78, 5) is 13.9. The summed E-state index contributed by atoms with van der Waals surface area (Å²) in [7, 11) is 0. The molecule has 1 aromatic carbocycles. The summed E-state index contributed by atoms with van der Waals surface area (Å²) < 4.78 is 0. The van der Waals surface area contributed by atoms with Crippen molar-refractivity contribution in [1.82, 2.24) is 4.98 Å². The maximum atomic E-state index is 10.6. The van der Waals surface area contributed by atoms with Gasteiger partial charge in [-0.1, -0.05) is 18.2 Å². The number of aromatic nitrogens is 1. The van der Waals surface area contributed by atoms with Crippen LogP contribution in [0.25, 0.3) is 0 Å². The Labute approximate surface area is 114 Å². The van der Waals surface area contributed by atoms with Gasteiger partial charge < -0.3 is 10.4 Å². The number of hydrogen-bond acceptors (Lipinski definition) is 6. The zero-order valence-corrected chi connectivity index (χ0v) is 10.3. The van der Waals surface area contributed by atoms with E-state index in [2.05, 4.69) is 10.3 Å². The molecule has 0 aliphatic carbocycles. The van der Waals surface area contributed by atoms with Crippen molar-refractivity contribution in [3.05, 3.63) is 57.8 Å². The predicted molar refractivity (Wildman–Crippen MR) is 71.0 cm³/mol. The summed E-state index contributed by atoms with van der Waals surface area (Å²) in [5.74, 6) is 0.363. The lowest BCUT2D eigenvalue weighted by atomic mass is 10.2. The Morgan fingerprint density at radius 3 is 2.85 bits per heavy atom. The number of pyridine rings is 1. The molecule has 0 aliphatic heterocycles. The lowest BCUT2D eigenvalue weighted by Crippen LogP contribution is -2.04. The van der Waals surface area contributed by atoms with Crippen LogP contribution in [0.15, 0.2) is 36.5 Å². The number of nitro groups is 1. The highest BCUT2D eigenvalue weighted by atomic mass is 16.6. The van der Waals surface area contributed by atoms with Crippen LogP contribution in [0, 0.1) is 21.4 Å². The fourth-order valence-electron chi connectivity index (χ4n) is 1.62. The summed E-state index contributed by atoms with van der Waals surface area (Å²) >= 11 is 0. The van der Waals surface area contributed by atoms with Gasteiger partial charge >= 0.3 is 0 Å². The summed E-state index contributed by atoms with van der Waals surface area (Å²) in [6.07, 6.45) is 1.08. The summed E-state index contributed by atoms with van der Waals surface area (Å²) in [5, 5.41) is 32.1. The van der Waals surface area contributed by atoms with Crippen molar-refractivity contribution in [1.29, 1.82) is 5.26 Å². The van der Waals surface area contributed by atoms with Gasteiger partial charge in [0.2, 0.25) is 0 Å².